The van der Waals surface area contributed by atoms with Crippen molar-refractivity contribution in [2.75, 3.05) is 13.1 Å². The zero-order valence-corrected chi connectivity index (χ0v) is 16.5. The molecule has 8 nitrogen and oxygen atoms in total. The van der Waals surface area contributed by atoms with Gasteiger partial charge < -0.3 is 9.73 Å². The van der Waals surface area contributed by atoms with E-state index in [0.29, 0.717) is 18.6 Å². The maximum Gasteiger partial charge on any atom is 0.420 e. The van der Waals surface area contributed by atoms with Gasteiger partial charge in [-0.25, -0.2) is 13.2 Å². The second kappa shape index (κ2) is 7.71. The van der Waals surface area contributed by atoms with Crippen LogP contribution in [0.25, 0.3) is 11.1 Å². The van der Waals surface area contributed by atoms with Crippen molar-refractivity contribution >= 4 is 27.0 Å². The number of carbonyl (C=O) groups is 1. The number of hydrogen-bond donors (Lipinski definition) is 1. The first-order valence-corrected chi connectivity index (χ1v) is 11.3. The molecule has 0 radical (unpaired) electrons. The molecule has 2 aliphatic rings. The van der Waals surface area contributed by atoms with Crippen molar-refractivity contribution in [3.8, 4) is 0 Å². The van der Waals surface area contributed by atoms with E-state index in [0.717, 1.165) is 44.9 Å². The first kappa shape index (κ1) is 19.2. The fraction of sp³-hybridized carbons (Fsp3) is 0.579. The molecule has 1 N–H and O–H groups in total. The van der Waals surface area contributed by atoms with E-state index in [1.807, 2.05) is 0 Å². The van der Waals surface area contributed by atoms with Gasteiger partial charge in [0.05, 0.1) is 10.4 Å². The Bertz CT molecular complexity index is 1030. The SMILES string of the molecule is O=C(Cn1c(=O)oc2cc(S(=O)(=O)N3CCCCC3)ccc21)NC1CCCC1. The zero-order valence-electron chi connectivity index (χ0n) is 15.7. The van der Waals surface area contributed by atoms with Crippen LogP contribution in [-0.2, 0) is 21.4 Å². The van der Waals surface area contributed by atoms with Crippen molar-refractivity contribution in [3.05, 3.63) is 28.7 Å². The molecule has 1 aromatic heterocycles. The van der Waals surface area contributed by atoms with Crippen LogP contribution in [0, 0.1) is 0 Å². The molecule has 4 rings (SSSR count). The molecule has 0 unspecified atom stereocenters. The van der Waals surface area contributed by atoms with Crippen LogP contribution >= 0.6 is 0 Å². The lowest BCUT2D eigenvalue weighted by Gasteiger charge is -2.25. The fourth-order valence-corrected chi connectivity index (χ4v) is 5.63. The maximum atomic E-state index is 12.8. The van der Waals surface area contributed by atoms with Crippen LogP contribution in [-0.4, -0.2) is 42.3 Å². The number of hydrogen-bond acceptors (Lipinski definition) is 5. The second-order valence-electron chi connectivity index (χ2n) is 7.60. The molecular formula is C19H25N3O5S. The summed E-state index contributed by atoms with van der Waals surface area (Å²) >= 11 is 0. The molecule has 2 fully saturated rings. The number of nitrogens with one attached hydrogen (secondary N) is 1. The number of fused-ring (bicyclic) bond motifs is 1. The maximum absolute atomic E-state index is 12.8. The van der Waals surface area contributed by atoms with E-state index in [9.17, 15) is 18.0 Å². The molecule has 152 valence electrons. The van der Waals surface area contributed by atoms with Gasteiger partial charge in [0.1, 0.15) is 6.54 Å². The first-order valence-electron chi connectivity index (χ1n) is 9.88. The van der Waals surface area contributed by atoms with Crippen LogP contribution in [0.4, 0.5) is 0 Å². The van der Waals surface area contributed by atoms with Gasteiger partial charge in [-0.1, -0.05) is 19.3 Å². The van der Waals surface area contributed by atoms with Gasteiger partial charge in [-0.3, -0.25) is 9.36 Å². The minimum Gasteiger partial charge on any atom is -0.408 e. The van der Waals surface area contributed by atoms with Gasteiger partial charge in [0, 0.05) is 25.2 Å². The third kappa shape index (κ3) is 3.73. The number of nitrogens with zero attached hydrogens (tertiary/aromatic N) is 2. The van der Waals surface area contributed by atoms with Gasteiger partial charge in [0.25, 0.3) is 0 Å². The average Bonchev–Trinajstić information content (AvgIpc) is 3.30. The summed E-state index contributed by atoms with van der Waals surface area (Å²) in [5.41, 5.74) is 0.598. The molecule has 1 saturated carbocycles. The van der Waals surface area contributed by atoms with E-state index in [4.69, 9.17) is 4.42 Å². The number of rotatable bonds is 5. The molecule has 2 aromatic rings. The highest BCUT2D eigenvalue weighted by Gasteiger charge is 2.27. The predicted octanol–water partition coefficient (Wildman–Crippen LogP) is 1.83. The highest BCUT2D eigenvalue weighted by molar-refractivity contribution is 7.89. The number of piperidine rings is 1. The van der Waals surface area contributed by atoms with Crippen molar-refractivity contribution in [1.29, 1.82) is 0 Å². The molecular weight excluding hydrogens is 382 g/mol. The summed E-state index contributed by atoms with van der Waals surface area (Å²) in [7, 11) is -3.61. The third-order valence-electron chi connectivity index (χ3n) is 5.61. The van der Waals surface area contributed by atoms with Crippen LogP contribution in [0.2, 0.25) is 0 Å². The molecule has 0 bridgehead atoms. The molecule has 1 aliphatic heterocycles. The molecule has 1 aromatic carbocycles. The number of sulfonamides is 1. The van der Waals surface area contributed by atoms with E-state index < -0.39 is 15.8 Å². The Labute approximate surface area is 163 Å². The van der Waals surface area contributed by atoms with Gasteiger partial charge in [-0.15, -0.1) is 0 Å². The molecule has 9 heteroatoms. The van der Waals surface area contributed by atoms with E-state index in [-0.39, 0.29) is 29.0 Å². The lowest BCUT2D eigenvalue weighted by molar-refractivity contribution is -0.122. The van der Waals surface area contributed by atoms with Crippen LogP contribution in [0.3, 0.4) is 0 Å². The summed E-state index contributed by atoms with van der Waals surface area (Å²) in [5, 5.41) is 2.94. The first-order chi connectivity index (χ1) is 13.4. The van der Waals surface area contributed by atoms with Crippen LogP contribution < -0.4 is 11.1 Å². The molecule has 0 atom stereocenters. The van der Waals surface area contributed by atoms with Crippen molar-refractivity contribution in [1.82, 2.24) is 14.2 Å². The number of aromatic nitrogens is 1. The van der Waals surface area contributed by atoms with Crippen molar-refractivity contribution in [2.24, 2.45) is 0 Å². The van der Waals surface area contributed by atoms with E-state index in [1.165, 1.54) is 21.0 Å². The molecule has 1 aliphatic carbocycles. The molecule has 1 amide bonds. The number of oxazole rings is 1. The van der Waals surface area contributed by atoms with Gasteiger partial charge in [0.2, 0.25) is 15.9 Å². The highest BCUT2D eigenvalue weighted by atomic mass is 32.2. The normalized spacial score (nSPS) is 19.3. The number of carbonyl (C=O) groups excluding carboxylic acids is 1. The molecule has 28 heavy (non-hydrogen) atoms. The Morgan fingerprint density at radius 1 is 1.11 bits per heavy atom. The minimum absolute atomic E-state index is 0.109. The van der Waals surface area contributed by atoms with E-state index >= 15 is 0 Å². The van der Waals surface area contributed by atoms with Crippen LogP contribution in [0.5, 0.6) is 0 Å². The predicted molar refractivity (Wildman–Crippen MR) is 103 cm³/mol. The largest absolute Gasteiger partial charge is 0.420 e. The van der Waals surface area contributed by atoms with Crippen LogP contribution in [0.1, 0.15) is 44.9 Å². The number of amides is 1. The summed E-state index contributed by atoms with van der Waals surface area (Å²) in [5.74, 6) is -0.897. The summed E-state index contributed by atoms with van der Waals surface area (Å²) in [4.78, 5) is 24.6. The second-order valence-corrected chi connectivity index (χ2v) is 9.54. The van der Waals surface area contributed by atoms with E-state index in [2.05, 4.69) is 5.32 Å². The standard InChI is InChI=1S/C19H25N3O5S/c23-18(20-14-6-2-3-7-14)13-22-16-9-8-15(12-17(16)27-19(22)24)28(25,26)21-10-4-1-5-11-21/h8-9,12,14H,1-7,10-11,13H2,(H,20,23). The third-order valence-corrected chi connectivity index (χ3v) is 7.51. The minimum atomic E-state index is -3.61. The Hall–Kier alpha value is -2.13. The molecule has 1 saturated heterocycles. The highest BCUT2D eigenvalue weighted by Crippen LogP contribution is 2.24. The van der Waals surface area contributed by atoms with Crippen molar-refractivity contribution in [3.63, 3.8) is 0 Å². The molecule has 0 spiro atoms. The van der Waals surface area contributed by atoms with Gasteiger partial charge >= 0.3 is 5.76 Å². The molecule has 2 heterocycles. The van der Waals surface area contributed by atoms with Crippen LogP contribution in [0.15, 0.2) is 32.3 Å². The smallest absolute Gasteiger partial charge is 0.408 e. The average molecular weight is 407 g/mol. The fourth-order valence-electron chi connectivity index (χ4n) is 4.10. The van der Waals surface area contributed by atoms with E-state index in [1.54, 1.807) is 6.07 Å². The summed E-state index contributed by atoms with van der Waals surface area (Å²) < 4.78 is 33.6. The Kier molecular flexibility index (Phi) is 5.29. The number of benzene rings is 1. The topological polar surface area (TPSA) is 102 Å². The van der Waals surface area contributed by atoms with Gasteiger partial charge in [0.15, 0.2) is 5.58 Å². The van der Waals surface area contributed by atoms with Crippen molar-refractivity contribution < 1.29 is 17.6 Å². The van der Waals surface area contributed by atoms with Gasteiger partial charge in [-0.2, -0.15) is 4.31 Å². The Morgan fingerprint density at radius 2 is 1.82 bits per heavy atom. The lowest BCUT2D eigenvalue weighted by Crippen LogP contribution is -2.36. The zero-order chi connectivity index (χ0) is 19.7. The monoisotopic (exact) mass is 407 g/mol. The summed E-state index contributed by atoms with van der Waals surface area (Å²) in [6.07, 6.45) is 6.87. The summed E-state index contributed by atoms with van der Waals surface area (Å²) in [6.45, 7) is 0.875. The Balaban J connectivity index is 1.58. The Morgan fingerprint density at radius 3 is 2.54 bits per heavy atom. The summed E-state index contributed by atoms with van der Waals surface area (Å²) in [6, 6.07) is 4.57. The quantitative estimate of drug-likeness (QED) is 0.815. The van der Waals surface area contributed by atoms with Crippen molar-refractivity contribution in [2.45, 2.75) is 62.4 Å². The van der Waals surface area contributed by atoms with Gasteiger partial charge in [-0.05, 0) is 37.8 Å². The lowest BCUT2D eigenvalue weighted by atomic mass is 10.2.